The summed E-state index contributed by atoms with van der Waals surface area (Å²) >= 11 is 1.64. The molecule has 10 aromatic rings. The van der Waals surface area contributed by atoms with Crippen molar-refractivity contribution in [3.05, 3.63) is 151 Å². The summed E-state index contributed by atoms with van der Waals surface area (Å²) in [6.45, 7) is 0. The molecule has 0 fully saturated rings. The molecule has 0 N–H and O–H groups in total. The highest BCUT2D eigenvalue weighted by atomic mass is 32.1. The van der Waals surface area contributed by atoms with Crippen molar-refractivity contribution in [3.63, 3.8) is 0 Å². The van der Waals surface area contributed by atoms with Gasteiger partial charge in [0.15, 0.2) is 23.3 Å². The van der Waals surface area contributed by atoms with Crippen molar-refractivity contribution in [3.8, 4) is 56.8 Å². The predicted octanol–water partition coefficient (Wildman–Crippen LogP) is 11.4. The van der Waals surface area contributed by atoms with Gasteiger partial charge in [0.05, 0.1) is 15.9 Å². The van der Waals surface area contributed by atoms with Crippen molar-refractivity contribution in [1.29, 1.82) is 0 Å². The highest BCUT2D eigenvalue weighted by molar-refractivity contribution is 7.26. The molecular formula is C43H24FN5OS. The lowest BCUT2D eigenvalue weighted by molar-refractivity contribution is 0.628. The molecule has 6 aromatic carbocycles. The number of halogens is 1. The smallest absolute Gasteiger partial charge is 0.164 e. The molecule has 0 aliphatic carbocycles. The van der Waals surface area contributed by atoms with Crippen LogP contribution in [0.15, 0.2) is 150 Å². The summed E-state index contributed by atoms with van der Waals surface area (Å²) in [5.41, 5.74) is 7.33. The molecule has 6 nitrogen and oxygen atoms in total. The molecule has 240 valence electrons. The van der Waals surface area contributed by atoms with Gasteiger partial charge in [-0.3, -0.25) is 0 Å². The molecule has 0 saturated heterocycles. The Hall–Kier alpha value is -6.64. The van der Waals surface area contributed by atoms with Gasteiger partial charge < -0.3 is 4.42 Å². The molecule has 0 amide bonds. The van der Waals surface area contributed by atoms with Gasteiger partial charge in [-0.2, -0.15) is 0 Å². The van der Waals surface area contributed by atoms with Crippen LogP contribution in [0.4, 0.5) is 4.39 Å². The zero-order valence-electron chi connectivity index (χ0n) is 26.8. The van der Waals surface area contributed by atoms with Crippen LogP contribution in [-0.2, 0) is 0 Å². The SMILES string of the molecule is Fc1ccc(-c2nc(-c3ccc4c(c3)oc3cccc(-c5nc(-c6ccccc6)nc(-c6ccccc6)n5)c34)nc3c2sc2ccccc23)cc1. The van der Waals surface area contributed by atoms with Crippen LogP contribution in [0.25, 0.3) is 99.1 Å². The van der Waals surface area contributed by atoms with Gasteiger partial charge in [-0.25, -0.2) is 29.3 Å². The first-order valence-corrected chi connectivity index (χ1v) is 17.3. The van der Waals surface area contributed by atoms with E-state index in [9.17, 15) is 4.39 Å². The van der Waals surface area contributed by atoms with Crippen LogP contribution in [0, 0.1) is 5.82 Å². The molecule has 0 spiro atoms. The molecule has 8 heteroatoms. The molecule has 0 aliphatic rings. The average molecular weight is 678 g/mol. The van der Waals surface area contributed by atoms with E-state index in [0.717, 1.165) is 70.2 Å². The number of benzene rings is 6. The molecule has 0 saturated carbocycles. The lowest BCUT2D eigenvalue weighted by Gasteiger charge is -2.09. The number of rotatable bonds is 5. The number of furan rings is 1. The van der Waals surface area contributed by atoms with E-state index in [1.807, 2.05) is 109 Å². The van der Waals surface area contributed by atoms with Crippen molar-refractivity contribution in [2.24, 2.45) is 0 Å². The lowest BCUT2D eigenvalue weighted by Crippen LogP contribution is -2.00. The van der Waals surface area contributed by atoms with E-state index in [1.54, 1.807) is 23.5 Å². The largest absolute Gasteiger partial charge is 0.456 e. The Morgan fingerprint density at radius 2 is 1.12 bits per heavy atom. The summed E-state index contributed by atoms with van der Waals surface area (Å²) in [5, 5.41) is 2.89. The van der Waals surface area contributed by atoms with Gasteiger partial charge in [0.2, 0.25) is 0 Å². The van der Waals surface area contributed by atoms with Gasteiger partial charge in [-0.15, -0.1) is 11.3 Å². The van der Waals surface area contributed by atoms with E-state index in [0.29, 0.717) is 28.9 Å². The van der Waals surface area contributed by atoms with Gasteiger partial charge in [-0.1, -0.05) is 97.1 Å². The normalized spacial score (nSPS) is 11.6. The Balaban J connectivity index is 1.15. The average Bonchev–Trinajstić information content (AvgIpc) is 3.76. The zero-order chi connectivity index (χ0) is 33.9. The minimum Gasteiger partial charge on any atom is -0.456 e. The Bertz CT molecular complexity index is 2870. The fourth-order valence-electron chi connectivity index (χ4n) is 6.60. The number of aromatic nitrogens is 5. The summed E-state index contributed by atoms with van der Waals surface area (Å²) in [7, 11) is 0. The van der Waals surface area contributed by atoms with Crippen LogP contribution in [0.5, 0.6) is 0 Å². The van der Waals surface area contributed by atoms with Crippen LogP contribution in [0.2, 0.25) is 0 Å². The maximum absolute atomic E-state index is 13.9. The molecule has 0 atom stereocenters. The Kier molecular flexibility index (Phi) is 6.75. The van der Waals surface area contributed by atoms with Crippen LogP contribution in [0.3, 0.4) is 0 Å². The summed E-state index contributed by atoms with van der Waals surface area (Å²) in [6, 6.07) is 46.6. The lowest BCUT2D eigenvalue weighted by atomic mass is 10.0. The summed E-state index contributed by atoms with van der Waals surface area (Å²) < 4.78 is 22.5. The molecule has 4 aromatic heterocycles. The van der Waals surface area contributed by atoms with Crippen LogP contribution >= 0.6 is 11.3 Å². The fraction of sp³-hybridized carbons (Fsp3) is 0. The van der Waals surface area contributed by atoms with Crippen LogP contribution < -0.4 is 0 Å². The third kappa shape index (κ3) is 5.04. The highest BCUT2D eigenvalue weighted by Crippen LogP contribution is 2.41. The van der Waals surface area contributed by atoms with E-state index >= 15 is 0 Å². The first kappa shape index (κ1) is 29.3. The van der Waals surface area contributed by atoms with Gasteiger partial charge in [-0.05, 0) is 48.5 Å². The first-order chi connectivity index (χ1) is 25.2. The number of fused-ring (bicyclic) bond motifs is 6. The van der Waals surface area contributed by atoms with E-state index in [-0.39, 0.29) is 5.82 Å². The second-order valence-corrected chi connectivity index (χ2v) is 13.3. The van der Waals surface area contributed by atoms with E-state index in [2.05, 4.69) is 12.1 Å². The number of nitrogens with zero attached hydrogens (tertiary/aromatic N) is 5. The summed E-state index contributed by atoms with van der Waals surface area (Å²) in [5.74, 6) is 2.02. The number of hydrogen-bond acceptors (Lipinski definition) is 7. The van der Waals surface area contributed by atoms with Crippen LogP contribution in [-0.4, -0.2) is 24.9 Å². The van der Waals surface area contributed by atoms with Gasteiger partial charge in [0, 0.05) is 48.7 Å². The highest BCUT2D eigenvalue weighted by Gasteiger charge is 2.20. The summed E-state index contributed by atoms with van der Waals surface area (Å²) in [4.78, 5) is 25.0. The quantitative estimate of drug-likeness (QED) is 0.180. The monoisotopic (exact) mass is 677 g/mol. The van der Waals surface area contributed by atoms with Crippen molar-refractivity contribution < 1.29 is 8.81 Å². The topological polar surface area (TPSA) is 77.6 Å². The minimum absolute atomic E-state index is 0.292. The molecule has 10 rings (SSSR count). The minimum atomic E-state index is -0.292. The molecule has 4 heterocycles. The molecule has 0 unspecified atom stereocenters. The molecular weight excluding hydrogens is 654 g/mol. The number of hydrogen-bond donors (Lipinski definition) is 0. The maximum atomic E-state index is 13.9. The Morgan fingerprint density at radius 3 is 1.86 bits per heavy atom. The summed E-state index contributed by atoms with van der Waals surface area (Å²) in [6.07, 6.45) is 0. The third-order valence-electron chi connectivity index (χ3n) is 9.03. The van der Waals surface area contributed by atoms with Crippen LogP contribution in [0.1, 0.15) is 0 Å². The molecule has 51 heavy (non-hydrogen) atoms. The van der Waals surface area contributed by atoms with E-state index in [1.165, 1.54) is 12.1 Å². The third-order valence-corrected chi connectivity index (χ3v) is 10.2. The molecule has 0 bridgehead atoms. The standard InChI is InChI=1S/C43H24FN5OS/c44-29-21-18-25(19-22-29)37-39-38(31-14-7-8-17-35(31)51-39)46-42(45-37)28-20-23-30-34(24-28)50-33-16-9-15-32(36(30)33)43-48-40(26-10-3-1-4-11-26)47-41(49-43)27-12-5-2-6-13-27/h1-24H. The van der Waals surface area contributed by atoms with Crippen molar-refractivity contribution >= 4 is 53.6 Å². The Morgan fingerprint density at radius 1 is 0.471 bits per heavy atom. The van der Waals surface area contributed by atoms with Gasteiger partial charge >= 0.3 is 0 Å². The van der Waals surface area contributed by atoms with Crippen molar-refractivity contribution in [1.82, 2.24) is 24.9 Å². The molecule has 0 aliphatic heterocycles. The van der Waals surface area contributed by atoms with Gasteiger partial charge in [0.1, 0.15) is 17.0 Å². The second-order valence-electron chi connectivity index (χ2n) is 12.2. The number of thiophene rings is 1. The zero-order valence-corrected chi connectivity index (χ0v) is 27.6. The Labute approximate surface area is 294 Å². The second kappa shape index (κ2) is 11.8. The predicted molar refractivity (Wildman–Crippen MR) is 203 cm³/mol. The van der Waals surface area contributed by atoms with Crippen molar-refractivity contribution in [2.75, 3.05) is 0 Å². The maximum Gasteiger partial charge on any atom is 0.164 e. The van der Waals surface area contributed by atoms with Crippen molar-refractivity contribution in [2.45, 2.75) is 0 Å². The fourth-order valence-corrected chi connectivity index (χ4v) is 7.76. The van der Waals surface area contributed by atoms with E-state index < -0.39 is 0 Å². The van der Waals surface area contributed by atoms with Gasteiger partial charge in [0.25, 0.3) is 0 Å². The first-order valence-electron chi connectivity index (χ1n) is 16.4. The van der Waals surface area contributed by atoms with E-state index in [4.69, 9.17) is 29.3 Å². The molecule has 0 radical (unpaired) electrons.